The molecule has 2 fully saturated rings. The molecule has 1 saturated heterocycles. The summed E-state index contributed by atoms with van der Waals surface area (Å²) >= 11 is 12.0. The first-order valence-corrected chi connectivity index (χ1v) is 7.86. The molecular formula is C15H18Cl2N2O. The van der Waals surface area contributed by atoms with Crippen LogP contribution in [0.1, 0.15) is 23.2 Å². The Morgan fingerprint density at radius 1 is 1.15 bits per heavy atom. The fourth-order valence-corrected chi connectivity index (χ4v) is 3.12. The smallest absolute Gasteiger partial charge is 0.255 e. The van der Waals surface area contributed by atoms with Gasteiger partial charge in [0, 0.05) is 37.7 Å². The van der Waals surface area contributed by atoms with Crippen LogP contribution in [0.5, 0.6) is 0 Å². The van der Waals surface area contributed by atoms with Gasteiger partial charge in [0.2, 0.25) is 0 Å². The predicted molar refractivity (Wildman–Crippen MR) is 81.5 cm³/mol. The first-order chi connectivity index (χ1) is 9.63. The second kappa shape index (κ2) is 5.92. The zero-order valence-corrected chi connectivity index (χ0v) is 12.8. The summed E-state index contributed by atoms with van der Waals surface area (Å²) in [4.78, 5) is 16.8. The summed E-state index contributed by atoms with van der Waals surface area (Å²) in [5.74, 6) is 0.917. The van der Waals surface area contributed by atoms with Gasteiger partial charge in [-0.15, -0.1) is 0 Å². The largest absolute Gasteiger partial charge is 0.336 e. The van der Waals surface area contributed by atoms with Crippen LogP contribution in [0.25, 0.3) is 0 Å². The van der Waals surface area contributed by atoms with Crippen LogP contribution in [0, 0.1) is 5.92 Å². The van der Waals surface area contributed by atoms with Gasteiger partial charge < -0.3 is 4.90 Å². The highest BCUT2D eigenvalue weighted by Gasteiger charge is 2.28. The minimum Gasteiger partial charge on any atom is -0.336 e. The van der Waals surface area contributed by atoms with Crippen LogP contribution in [0.4, 0.5) is 0 Å². The SMILES string of the molecule is O=C(c1ccc(Cl)cc1Cl)N1CCN(CC2CC2)CC1. The molecule has 1 aromatic rings. The van der Waals surface area contributed by atoms with Crippen LogP contribution in [0.3, 0.4) is 0 Å². The van der Waals surface area contributed by atoms with Gasteiger partial charge in [0.25, 0.3) is 5.91 Å². The molecular weight excluding hydrogens is 295 g/mol. The van der Waals surface area contributed by atoms with Gasteiger partial charge in [-0.2, -0.15) is 0 Å². The van der Waals surface area contributed by atoms with E-state index < -0.39 is 0 Å². The van der Waals surface area contributed by atoms with E-state index in [9.17, 15) is 4.79 Å². The second-order valence-corrected chi connectivity index (χ2v) is 6.50. The van der Waals surface area contributed by atoms with Gasteiger partial charge in [-0.1, -0.05) is 23.2 Å². The minimum absolute atomic E-state index is 0.0118. The Morgan fingerprint density at radius 2 is 1.85 bits per heavy atom. The van der Waals surface area contributed by atoms with Crippen molar-refractivity contribution >= 4 is 29.1 Å². The van der Waals surface area contributed by atoms with E-state index in [4.69, 9.17) is 23.2 Å². The summed E-state index contributed by atoms with van der Waals surface area (Å²) in [6.07, 6.45) is 2.75. The Balaban J connectivity index is 1.60. The Labute approximate surface area is 129 Å². The molecule has 0 N–H and O–H groups in total. The van der Waals surface area contributed by atoms with Crippen molar-refractivity contribution < 1.29 is 4.79 Å². The lowest BCUT2D eigenvalue weighted by Crippen LogP contribution is -2.49. The molecule has 0 unspecified atom stereocenters. The molecule has 0 radical (unpaired) electrons. The molecule has 1 aliphatic heterocycles. The first-order valence-electron chi connectivity index (χ1n) is 7.10. The lowest BCUT2D eigenvalue weighted by atomic mass is 10.1. The number of benzene rings is 1. The van der Waals surface area contributed by atoms with Gasteiger partial charge >= 0.3 is 0 Å². The average Bonchev–Trinajstić information content (AvgIpc) is 3.23. The van der Waals surface area contributed by atoms with Gasteiger partial charge in [0.1, 0.15) is 0 Å². The van der Waals surface area contributed by atoms with Crippen molar-refractivity contribution in [3.63, 3.8) is 0 Å². The maximum Gasteiger partial charge on any atom is 0.255 e. The number of halogens is 2. The third kappa shape index (κ3) is 3.27. The maximum atomic E-state index is 12.5. The lowest BCUT2D eigenvalue weighted by Gasteiger charge is -2.35. The normalized spacial score (nSPS) is 20.2. The summed E-state index contributed by atoms with van der Waals surface area (Å²) in [6, 6.07) is 5.05. The Bertz CT molecular complexity index is 509. The zero-order chi connectivity index (χ0) is 14.1. The van der Waals surface area contributed by atoms with Crippen LogP contribution in [-0.4, -0.2) is 48.4 Å². The Hall–Kier alpha value is -0.770. The summed E-state index contributed by atoms with van der Waals surface area (Å²) in [5, 5.41) is 0.990. The van der Waals surface area contributed by atoms with Crippen LogP contribution in [0.2, 0.25) is 10.0 Å². The quantitative estimate of drug-likeness (QED) is 0.856. The van der Waals surface area contributed by atoms with E-state index in [0.717, 1.165) is 32.1 Å². The molecule has 1 saturated carbocycles. The lowest BCUT2D eigenvalue weighted by molar-refractivity contribution is 0.0632. The van der Waals surface area contributed by atoms with Crippen molar-refractivity contribution in [2.45, 2.75) is 12.8 Å². The van der Waals surface area contributed by atoms with Crippen LogP contribution < -0.4 is 0 Å². The number of hydrogen-bond acceptors (Lipinski definition) is 2. The van der Waals surface area contributed by atoms with E-state index in [1.54, 1.807) is 18.2 Å². The number of hydrogen-bond donors (Lipinski definition) is 0. The Kier molecular flexibility index (Phi) is 4.20. The fourth-order valence-electron chi connectivity index (χ4n) is 2.63. The molecule has 0 bridgehead atoms. The molecule has 108 valence electrons. The van der Waals surface area contributed by atoms with Crippen molar-refractivity contribution in [2.24, 2.45) is 5.92 Å². The van der Waals surface area contributed by atoms with E-state index in [1.807, 2.05) is 4.90 Å². The molecule has 1 amide bonds. The molecule has 1 heterocycles. The number of carbonyl (C=O) groups excluding carboxylic acids is 1. The molecule has 5 heteroatoms. The maximum absolute atomic E-state index is 12.5. The molecule has 2 aliphatic rings. The topological polar surface area (TPSA) is 23.6 Å². The summed E-state index contributed by atoms with van der Waals surface area (Å²) in [6.45, 7) is 4.69. The summed E-state index contributed by atoms with van der Waals surface area (Å²) in [5.41, 5.74) is 0.548. The number of carbonyl (C=O) groups is 1. The molecule has 0 aromatic heterocycles. The highest BCUT2D eigenvalue weighted by molar-refractivity contribution is 6.36. The van der Waals surface area contributed by atoms with Gasteiger partial charge in [0.05, 0.1) is 10.6 Å². The third-order valence-corrected chi connectivity index (χ3v) is 4.58. The zero-order valence-electron chi connectivity index (χ0n) is 11.3. The monoisotopic (exact) mass is 312 g/mol. The number of rotatable bonds is 3. The van der Waals surface area contributed by atoms with Gasteiger partial charge in [-0.25, -0.2) is 0 Å². The van der Waals surface area contributed by atoms with E-state index >= 15 is 0 Å². The van der Waals surface area contributed by atoms with Crippen LogP contribution >= 0.6 is 23.2 Å². The molecule has 1 aromatic carbocycles. The van der Waals surface area contributed by atoms with Crippen LogP contribution in [0.15, 0.2) is 18.2 Å². The van der Waals surface area contributed by atoms with E-state index in [-0.39, 0.29) is 5.91 Å². The van der Waals surface area contributed by atoms with Crippen molar-refractivity contribution in [3.05, 3.63) is 33.8 Å². The highest BCUT2D eigenvalue weighted by atomic mass is 35.5. The van der Waals surface area contributed by atoms with Gasteiger partial charge in [0.15, 0.2) is 0 Å². The van der Waals surface area contributed by atoms with Crippen LogP contribution in [-0.2, 0) is 0 Å². The fraction of sp³-hybridized carbons (Fsp3) is 0.533. The Morgan fingerprint density at radius 3 is 2.45 bits per heavy atom. The molecule has 20 heavy (non-hydrogen) atoms. The van der Waals surface area contributed by atoms with Crippen molar-refractivity contribution in [2.75, 3.05) is 32.7 Å². The van der Waals surface area contributed by atoms with Crippen molar-refractivity contribution in [3.8, 4) is 0 Å². The number of amides is 1. The molecule has 1 aliphatic carbocycles. The second-order valence-electron chi connectivity index (χ2n) is 5.66. The first kappa shape index (κ1) is 14.2. The summed E-state index contributed by atoms with van der Waals surface area (Å²) in [7, 11) is 0. The van der Waals surface area contributed by atoms with Crippen molar-refractivity contribution in [1.29, 1.82) is 0 Å². The molecule has 3 nitrogen and oxygen atoms in total. The third-order valence-electron chi connectivity index (χ3n) is 4.03. The van der Waals surface area contributed by atoms with E-state index in [1.165, 1.54) is 19.4 Å². The molecule has 0 atom stereocenters. The van der Waals surface area contributed by atoms with E-state index in [0.29, 0.717) is 15.6 Å². The number of nitrogens with zero attached hydrogens (tertiary/aromatic N) is 2. The summed E-state index contributed by atoms with van der Waals surface area (Å²) < 4.78 is 0. The van der Waals surface area contributed by atoms with Gasteiger partial charge in [-0.3, -0.25) is 9.69 Å². The molecule has 3 rings (SSSR count). The average molecular weight is 313 g/mol. The number of piperazine rings is 1. The van der Waals surface area contributed by atoms with Gasteiger partial charge in [-0.05, 0) is 37.0 Å². The molecule has 0 spiro atoms. The standard InChI is InChI=1S/C15H18Cl2N2O/c16-12-3-4-13(14(17)9-12)15(20)19-7-5-18(6-8-19)10-11-1-2-11/h3-4,9,11H,1-2,5-8,10H2. The minimum atomic E-state index is 0.0118. The van der Waals surface area contributed by atoms with E-state index in [2.05, 4.69) is 4.90 Å². The highest BCUT2D eigenvalue weighted by Crippen LogP contribution is 2.30. The van der Waals surface area contributed by atoms with Crippen molar-refractivity contribution in [1.82, 2.24) is 9.80 Å². The predicted octanol–water partition coefficient (Wildman–Crippen LogP) is 3.16.